The van der Waals surface area contributed by atoms with E-state index >= 15 is 0 Å². The van der Waals surface area contributed by atoms with Crippen molar-refractivity contribution in [3.05, 3.63) is 16.0 Å². The maximum atomic E-state index is 13.0. The highest BCUT2D eigenvalue weighted by Gasteiger charge is 2.32. The van der Waals surface area contributed by atoms with E-state index in [9.17, 15) is 19.2 Å². The second kappa shape index (κ2) is 12.7. The summed E-state index contributed by atoms with van der Waals surface area (Å²) in [6, 6.07) is -1.39. The van der Waals surface area contributed by atoms with Gasteiger partial charge in [0.1, 0.15) is 17.6 Å². The zero-order chi connectivity index (χ0) is 24.5. The zero-order valence-electron chi connectivity index (χ0n) is 19.8. The number of esters is 2. The summed E-state index contributed by atoms with van der Waals surface area (Å²) in [5, 5.41) is 11.8. The summed E-state index contributed by atoms with van der Waals surface area (Å²) in [7, 11) is 0. The Hall–Kier alpha value is -2.66. The van der Waals surface area contributed by atoms with Crippen LogP contribution in [0.1, 0.15) is 60.3 Å². The maximum Gasteiger partial charge on any atom is 0.341 e. The first-order chi connectivity index (χ1) is 16.4. The molecule has 1 unspecified atom stereocenters. The van der Waals surface area contributed by atoms with Gasteiger partial charge in [-0.25, -0.2) is 9.59 Å². The lowest BCUT2D eigenvalue weighted by Gasteiger charge is -2.30. The van der Waals surface area contributed by atoms with Gasteiger partial charge in [-0.3, -0.25) is 14.9 Å². The average Bonchev–Trinajstić information content (AvgIpc) is 3.19. The van der Waals surface area contributed by atoms with E-state index in [1.807, 2.05) is 0 Å². The Kier molecular flexibility index (Phi) is 9.70. The fourth-order valence-corrected chi connectivity index (χ4v) is 5.68. The summed E-state index contributed by atoms with van der Waals surface area (Å²) < 4.78 is 10.1. The van der Waals surface area contributed by atoms with Crippen LogP contribution >= 0.6 is 11.3 Å². The third kappa shape index (κ3) is 6.69. The number of urea groups is 1. The van der Waals surface area contributed by atoms with E-state index < -0.39 is 29.9 Å². The van der Waals surface area contributed by atoms with Gasteiger partial charge >= 0.3 is 18.0 Å². The van der Waals surface area contributed by atoms with Crippen LogP contribution in [0.15, 0.2) is 0 Å². The molecule has 188 valence electrons. The Labute approximate surface area is 203 Å². The van der Waals surface area contributed by atoms with Crippen LogP contribution in [0.2, 0.25) is 0 Å². The molecule has 1 aromatic rings. The number of aryl methyl sites for hydroxylation is 1. The van der Waals surface area contributed by atoms with Gasteiger partial charge in [-0.1, -0.05) is 0 Å². The largest absolute Gasteiger partial charge is 0.465 e. The molecule has 2 heterocycles. The van der Waals surface area contributed by atoms with Crippen molar-refractivity contribution in [3.63, 3.8) is 0 Å². The molecule has 34 heavy (non-hydrogen) atoms. The number of carbonyl (C=O) groups is 4. The van der Waals surface area contributed by atoms with Gasteiger partial charge in [0.05, 0.1) is 18.8 Å². The van der Waals surface area contributed by atoms with Crippen LogP contribution in [-0.4, -0.2) is 62.8 Å². The zero-order valence-corrected chi connectivity index (χ0v) is 20.6. The number of anilines is 1. The average molecular weight is 495 g/mol. The van der Waals surface area contributed by atoms with Gasteiger partial charge in [-0.15, -0.1) is 11.3 Å². The number of amides is 3. The number of carbonyl (C=O) groups excluding carboxylic acids is 4. The summed E-state index contributed by atoms with van der Waals surface area (Å²) >= 11 is 1.39. The highest BCUT2D eigenvalue weighted by Crippen LogP contribution is 2.38. The van der Waals surface area contributed by atoms with Crippen molar-refractivity contribution in [2.75, 3.05) is 38.2 Å². The molecule has 1 aromatic heterocycles. The molecule has 4 N–H and O–H groups in total. The molecule has 3 rings (SSSR count). The molecule has 0 saturated carbocycles. The Bertz CT molecular complexity index is 896. The van der Waals surface area contributed by atoms with Crippen LogP contribution in [0.5, 0.6) is 0 Å². The minimum Gasteiger partial charge on any atom is -0.465 e. The summed E-state index contributed by atoms with van der Waals surface area (Å²) in [6.45, 7) is 5.11. The smallest absolute Gasteiger partial charge is 0.341 e. The van der Waals surface area contributed by atoms with Crippen LogP contribution in [0, 0.1) is 5.92 Å². The maximum absolute atomic E-state index is 13.0. The highest BCUT2D eigenvalue weighted by molar-refractivity contribution is 7.17. The van der Waals surface area contributed by atoms with Crippen LogP contribution in [0.25, 0.3) is 0 Å². The molecule has 1 atom stereocenters. The number of ether oxygens (including phenoxy) is 2. The molecule has 3 amide bonds. The number of nitrogens with one attached hydrogen (secondary N) is 4. The van der Waals surface area contributed by atoms with E-state index in [1.165, 1.54) is 11.3 Å². The lowest BCUT2D eigenvalue weighted by atomic mass is 9.89. The molecule has 1 aliphatic carbocycles. The number of thiophene rings is 1. The SMILES string of the molecule is CCOC(=O)CNC(=O)C(NC(=O)Nc1sc2c(c1C(=O)OCC)CCCC2)C1CCNCC1. The van der Waals surface area contributed by atoms with Gasteiger partial charge in [0.25, 0.3) is 0 Å². The summed E-state index contributed by atoms with van der Waals surface area (Å²) in [4.78, 5) is 51.3. The molecule has 11 heteroatoms. The number of fused-ring (bicyclic) bond motifs is 1. The second-order valence-electron chi connectivity index (χ2n) is 8.32. The molecular formula is C23H34N4O6S. The summed E-state index contributed by atoms with van der Waals surface area (Å²) in [5.74, 6) is -1.51. The van der Waals surface area contributed by atoms with Crippen molar-refractivity contribution in [2.24, 2.45) is 5.92 Å². The molecule has 0 aromatic carbocycles. The third-order valence-corrected chi connectivity index (χ3v) is 7.22. The normalized spacial score (nSPS) is 16.6. The molecule has 10 nitrogen and oxygen atoms in total. The highest BCUT2D eigenvalue weighted by atomic mass is 32.1. The molecule has 0 bridgehead atoms. The molecule has 1 fully saturated rings. The minimum absolute atomic E-state index is 0.0877. The lowest BCUT2D eigenvalue weighted by molar-refractivity contribution is -0.143. The Morgan fingerprint density at radius 3 is 2.47 bits per heavy atom. The van der Waals surface area contributed by atoms with E-state index in [4.69, 9.17) is 9.47 Å². The lowest BCUT2D eigenvalue weighted by Crippen LogP contribution is -2.54. The minimum atomic E-state index is -0.822. The Morgan fingerprint density at radius 1 is 1.06 bits per heavy atom. The van der Waals surface area contributed by atoms with E-state index in [0.29, 0.717) is 23.4 Å². The number of hydrogen-bond acceptors (Lipinski definition) is 8. The van der Waals surface area contributed by atoms with Crippen molar-refractivity contribution in [1.82, 2.24) is 16.0 Å². The predicted octanol–water partition coefficient (Wildman–Crippen LogP) is 1.97. The van der Waals surface area contributed by atoms with Gasteiger partial charge in [-0.2, -0.15) is 0 Å². The summed E-state index contributed by atoms with van der Waals surface area (Å²) in [6.07, 6.45) is 5.08. The van der Waals surface area contributed by atoms with Crippen molar-refractivity contribution in [1.29, 1.82) is 0 Å². The second-order valence-corrected chi connectivity index (χ2v) is 9.43. The molecular weight excluding hydrogens is 460 g/mol. The quantitative estimate of drug-likeness (QED) is 0.386. The van der Waals surface area contributed by atoms with Crippen molar-refractivity contribution >= 4 is 40.2 Å². The first kappa shape index (κ1) is 26.0. The van der Waals surface area contributed by atoms with Crippen molar-refractivity contribution < 1.29 is 28.7 Å². The topological polar surface area (TPSA) is 135 Å². The standard InChI is InChI=1S/C23H34N4O6S/c1-3-32-17(28)13-25-20(29)19(14-9-11-24-12-10-14)26-23(31)27-21-18(22(30)33-4-2)15-7-5-6-8-16(15)34-21/h14,19,24H,3-13H2,1-2H3,(H,25,29)(H2,26,27,31). The van der Waals surface area contributed by atoms with E-state index in [2.05, 4.69) is 21.3 Å². The van der Waals surface area contributed by atoms with Gasteiger partial charge in [0, 0.05) is 4.88 Å². The molecule has 0 radical (unpaired) electrons. The molecule has 1 aliphatic heterocycles. The third-order valence-electron chi connectivity index (χ3n) is 6.01. The number of hydrogen-bond donors (Lipinski definition) is 4. The van der Waals surface area contributed by atoms with Crippen molar-refractivity contribution in [3.8, 4) is 0 Å². The Balaban J connectivity index is 1.73. The van der Waals surface area contributed by atoms with Gasteiger partial charge in [0.15, 0.2) is 0 Å². The molecule has 1 saturated heterocycles. The van der Waals surface area contributed by atoms with E-state index in [0.717, 1.165) is 49.2 Å². The first-order valence-electron chi connectivity index (χ1n) is 12.0. The number of piperidine rings is 1. The van der Waals surface area contributed by atoms with Crippen LogP contribution in [0.4, 0.5) is 9.80 Å². The molecule has 0 spiro atoms. The number of rotatable bonds is 9. The first-order valence-corrected chi connectivity index (χ1v) is 12.8. The van der Waals surface area contributed by atoms with Crippen molar-refractivity contribution in [2.45, 2.75) is 58.4 Å². The predicted molar refractivity (Wildman–Crippen MR) is 128 cm³/mol. The van der Waals surface area contributed by atoms with Gasteiger partial charge < -0.3 is 25.4 Å². The van der Waals surface area contributed by atoms with Crippen LogP contribution < -0.4 is 21.3 Å². The van der Waals surface area contributed by atoms with E-state index in [-0.39, 0.29) is 25.7 Å². The van der Waals surface area contributed by atoms with E-state index in [1.54, 1.807) is 13.8 Å². The monoisotopic (exact) mass is 494 g/mol. The molecule has 2 aliphatic rings. The summed E-state index contributed by atoms with van der Waals surface area (Å²) in [5.41, 5.74) is 1.37. The fourth-order valence-electron chi connectivity index (χ4n) is 4.41. The fraction of sp³-hybridized carbons (Fsp3) is 0.652. The van der Waals surface area contributed by atoms with Gasteiger partial charge in [0.2, 0.25) is 5.91 Å². The van der Waals surface area contributed by atoms with Gasteiger partial charge in [-0.05, 0) is 76.9 Å². The van der Waals surface area contributed by atoms with Crippen LogP contribution in [-0.2, 0) is 31.9 Å². The van der Waals surface area contributed by atoms with Crippen LogP contribution in [0.3, 0.4) is 0 Å². The Morgan fingerprint density at radius 2 is 1.76 bits per heavy atom.